The van der Waals surface area contributed by atoms with E-state index in [9.17, 15) is 9.59 Å². The van der Waals surface area contributed by atoms with Crippen LogP contribution >= 0.6 is 0 Å². The molecular formula is C27H37N7O4. The first-order valence-electron chi connectivity index (χ1n) is 12.7. The summed E-state index contributed by atoms with van der Waals surface area (Å²) in [5.41, 5.74) is 2.00. The second kappa shape index (κ2) is 10.2. The average Bonchev–Trinajstić information content (AvgIpc) is 3.21. The SMILES string of the molecule is Cc1cc(-c2c[nH]c3nccc(N4CCN(C)CC4)c23)nc(N(C(=O)OC(C)(C)C)C(=O)OC(C)(C)C)n1. The van der Waals surface area contributed by atoms with Crippen molar-refractivity contribution < 1.29 is 19.1 Å². The fourth-order valence-electron chi connectivity index (χ4n) is 4.20. The molecule has 3 aromatic rings. The molecule has 0 unspecified atom stereocenters. The summed E-state index contributed by atoms with van der Waals surface area (Å²) in [4.78, 5) is 48.6. The number of aromatic nitrogens is 4. The monoisotopic (exact) mass is 523 g/mol. The Hall–Kier alpha value is -3.73. The zero-order valence-electron chi connectivity index (χ0n) is 23.5. The van der Waals surface area contributed by atoms with Crippen LogP contribution in [0.2, 0.25) is 0 Å². The number of ether oxygens (including phenoxy) is 2. The van der Waals surface area contributed by atoms with E-state index < -0.39 is 23.4 Å². The third-order valence-electron chi connectivity index (χ3n) is 5.87. The van der Waals surface area contributed by atoms with E-state index in [0.717, 1.165) is 53.4 Å². The van der Waals surface area contributed by atoms with Crippen molar-refractivity contribution in [3.8, 4) is 11.3 Å². The number of anilines is 2. The summed E-state index contributed by atoms with van der Waals surface area (Å²) in [7, 11) is 2.12. The summed E-state index contributed by atoms with van der Waals surface area (Å²) >= 11 is 0. The number of aromatic amines is 1. The van der Waals surface area contributed by atoms with E-state index in [2.05, 4.69) is 36.8 Å². The highest BCUT2D eigenvalue weighted by Crippen LogP contribution is 2.35. The lowest BCUT2D eigenvalue weighted by Gasteiger charge is -2.34. The topological polar surface area (TPSA) is 117 Å². The number of nitrogens with one attached hydrogen (secondary N) is 1. The van der Waals surface area contributed by atoms with Crippen LogP contribution in [0.3, 0.4) is 0 Å². The van der Waals surface area contributed by atoms with E-state index in [-0.39, 0.29) is 5.95 Å². The molecule has 0 aliphatic carbocycles. The maximum absolute atomic E-state index is 13.2. The average molecular weight is 524 g/mol. The quantitative estimate of drug-likeness (QED) is 0.519. The molecule has 0 spiro atoms. The van der Waals surface area contributed by atoms with Gasteiger partial charge in [-0.3, -0.25) is 0 Å². The molecule has 1 fully saturated rings. The van der Waals surface area contributed by atoms with Gasteiger partial charge in [0.15, 0.2) is 0 Å². The number of amides is 2. The number of hydrogen-bond donors (Lipinski definition) is 1. The third-order valence-corrected chi connectivity index (χ3v) is 5.87. The number of rotatable bonds is 3. The highest BCUT2D eigenvalue weighted by Gasteiger charge is 2.35. The van der Waals surface area contributed by atoms with E-state index in [4.69, 9.17) is 9.47 Å². The number of nitrogens with zero attached hydrogens (tertiary/aromatic N) is 6. The Morgan fingerprint density at radius 3 is 2.16 bits per heavy atom. The van der Waals surface area contributed by atoms with Gasteiger partial charge < -0.3 is 24.3 Å². The molecule has 4 rings (SSSR count). The normalized spacial score (nSPS) is 15.0. The number of fused-ring (bicyclic) bond motifs is 1. The number of hydrogen-bond acceptors (Lipinski definition) is 9. The molecule has 11 heteroatoms. The highest BCUT2D eigenvalue weighted by molar-refractivity contribution is 6.08. The zero-order valence-corrected chi connectivity index (χ0v) is 23.5. The standard InChI is InChI=1S/C27H37N7O4/c1-17-15-19(18-16-29-22-21(18)20(9-10-28-22)33-13-11-32(8)12-14-33)31-23(30-17)34(24(35)37-26(2,3)4)25(36)38-27(5,6)7/h9-10,15-16H,11-14H2,1-8H3,(H,28,29). The predicted octanol–water partition coefficient (Wildman–Crippen LogP) is 4.76. The van der Waals surface area contributed by atoms with E-state index >= 15 is 0 Å². The lowest BCUT2D eigenvalue weighted by molar-refractivity contribution is 0.0427. The van der Waals surface area contributed by atoms with Gasteiger partial charge >= 0.3 is 12.2 Å². The zero-order chi connectivity index (χ0) is 27.8. The molecule has 204 valence electrons. The van der Waals surface area contributed by atoms with Crippen LogP contribution in [0, 0.1) is 6.92 Å². The molecule has 1 saturated heterocycles. The molecule has 0 atom stereocenters. The molecule has 0 bridgehead atoms. The van der Waals surface area contributed by atoms with Gasteiger partial charge in [-0.2, -0.15) is 0 Å². The third kappa shape index (κ3) is 6.21. The smallest absolute Gasteiger partial charge is 0.427 e. The van der Waals surface area contributed by atoms with Crippen LogP contribution in [0.25, 0.3) is 22.3 Å². The first-order valence-corrected chi connectivity index (χ1v) is 12.7. The van der Waals surface area contributed by atoms with Crippen LogP contribution in [-0.2, 0) is 9.47 Å². The summed E-state index contributed by atoms with van der Waals surface area (Å²) < 4.78 is 11.0. The van der Waals surface area contributed by atoms with Crippen molar-refractivity contribution in [1.29, 1.82) is 0 Å². The van der Waals surface area contributed by atoms with Crippen molar-refractivity contribution >= 4 is 34.9 Å². The van der Waals surface area contributed by atoms with Crippen LogP contribution in [0.5, 0.6) is 0 Å². The molecule has 0 radical (unpaired) electrons. The van der Waals surface area contributed by atoms with Crippen LogP contribution in [0.1, 0.15) is 47.2 Å². The Labute approximate surface area is 223 Å². The number of imide groups is 1. The molecule has 1 N–H and O–H groups in total. The van der Waals surface area contributed by atoms with Gasteiger partial charge in [0.05, 0.1) is 16.8 Å². The van der Waals surface area contributed by atoms with Crippen molar-refractivity contribution in [1.82, 2.24) is 24.8 Å². The number of likely N-dealkylation sites (N-methyl/N-ethyl adjacent to an activating group) is 1. The summed E-state index contributed by atoms with van der Waals surface area (Å²) in [5.74, 6) is -0.122. The number of carbonyl (C=O) groups excluding carboxylic acids is 2. The molecule has 4 heterocycles. The number of piperazine rings is 1. The van der Waals surface area contributed by atoms with E-state index in [1.165, 1.54) is 0 Å². The molecule has 1 aliphatic heterocycles. The largest absolute Gasteiger partial charge is 0.443 e. The molecule has 11 nitrogen and oxygen atoms in total. The van der Waals surface area contributed by atoms with Crippen LogP contribution in [0.4, 0.5) is 21.2 Å². The lowest BCUT2D eigenvalue weighted by Crippen LogP contribution is -2.44. The molecule has 3 aromatic heterocycles. The second-order valence-corrected chi connectivity index (χ2v) is 11.5. The van der Waals surface area contributed by atoms with Crippen LogP contribution < -0.4 is 9.80 Å². The van der Waals surface area contributed by atoms with Gasteiger partial charge in [-0.25, -0.2) is 24.5 Å². The Kier molecular flexibility index (Phi) is 7.33. The first-order chi connectivity index (χ1) is 17.7. The molecule has 2 amide bonds. The minimum atomic E-state index is -0.915. The Morgan fingerprint density at radius 2 is 1.58 bits per heavy atom. The van der Waals surface area contributed by atoms with Gasteiger partial charge in [-0.15, -0.1) is 4.90 Å². The van der Waals surface area contributed by atoms with Gasteiger partial charge in [0, 0.05) is 49.8 Å². The Bertz CT molecular complexity index is 1300. The maximum atomic E-state index is 13.2. The van der Waals surface area contributed by atoms with Gasteiger partial charge in [-0.05, 0) is 67.6 Å². The van der Waals surface area contributed by atoms with E-state index in [0.29, 0.717) is 11.4 Å². The van der Waals surface area contributed by atoms with Gasteiger partial charge in [0.1, 0.15) is 16.8 Å². The number of carbonyl (C=O) groups is 2. The Balaban J connectivity index is 1.81. The molecule has 0 saturated carbocycles. The summed E-state index contributed by atoms with van der Waals surface area (Å²) in [6, 6.07) is 3.82. The van der Waals surface area contributed by atoms with Crippen molar-refractivity contribution in [3.63, 3.8) is 0 Å². The minimum absolute atomic E-state index is 0.122. The molecular weight excluding hydrogens is 486 g/mol. The van der Waals surface area contributed by atoms with Crippen molar-refractivity contribution in [3.05, 3.63) is 30.2 Å². The molecule has 1 aliphatic rings. The number of pyridine rings is 1. The fraction of sp³-hybridized carbons (Fsp3) is 0.519. The number of H-pyrrole nitrogens is 1. The van der Waals surface area contributed by atoms with Crippen molar-refractivity contribution in [2.24, 2.45) is 0 Å². The van der Waals surface area contributed by atoms with Gasteiger partial charge in [0.2, 0.25) is 5.95 Å². The molecule has 38 heavy (non-hydrogen) atoms. The predicted molar refractivity (Wildman–Crippen MR) is 147 cm³/mol. The van der Waals surface area contributed by atoms with Gasteiger partial charge in [0.25, 0.3) is 0 Å². The minimum Gasteiger partial charge on any atom is -0.443 e. The first kappa shape index (κ1) is 27.3. The summed E-state index contributed by atoms with van der Waals surface area (Å²) in [6.07, 6.45) is 1.80. The lowest BCUT2D eigenvalue weighted by atomic mass is 10.1. The summed E-state index contributed by atoms with van der Waals surface area (Å²) in [6.45, 7) is 15.8. The second-order valence-electron chi connectivity index (χ2n) is 11.5. The van der Waals surface area contributed by atoms with Gasteiger partial charge in [-0.1, -0.05) is 0 Å². The van der Waals surface area contributed by atoms with E-state index in [1.54, 1.807) is 54.7 Å². The van der Waals surface area contributed by atoms with Crippen LogP contribution in [-0.4, -0.2) is 81.5 Å². The summed E-state index contributed by atoms with van der Waals surface area (Å²) in [5, 5.41) is 0.919. The van der Waals surface area contributed by atoms with Crippen molar-refractivity contribution in [2.45, 2.75) is 59.7 Å². The van der Waals surface area contributed by atoms with E-state index in [1.807, 2.05) is 18.3 Å². The number of aryl methyl sites for hydroxylation is 1. The van der Waals surface area contributed by atoms with Crippen LogP contribution in [0.15, 0.2) is 24.5 Å². The maximum Gasteiger partial charge on any atom is 0.427 e. The highest BCUT2D eigenvalue weighted by atomic mass is 16.6. The Morgan fingerprint density at radius 1 is 0.974 bits per heavy atom. The van der Waals surface area contributed by atoms with Crippen molar-refractivity contribution in [2.75, 3.05) is 43.0 Å². The fourth-order valence-corrected chi connectivity index (χ4v) is 4.20. The molecule has 0 aromatic carbocycles.